The molecular formula is C10H12ClFN2O2. The minimum Gasteiger partial charge on any atom is -0.486 e. The quantitative estimate of drug-likeness (QED) is 0.725. The van der Waals surface area contributed by atoms with Crippen LogP contribution in [0, 0.1) is 5.82 Å². The van der Waals surface area contributed by atoms with Gasteiger partial charge in [0.1, 0.15) is 23.7 Å². The first-order chi connectivity index (χ1) is 7.08. The third-order valence-corrected chi connectivity index (χ3v) is 2.32. The molecule has 1 aliphatic heterocycles. The first-order valence-electron chi connectivity index (χ1n) is 4.60. The number of hydrogen-bond donors (Lipinski definition) is 2. The minimum atomic E-state index is -0.750. The molecule has 16 heavy (non-hydrogen) atoms. The van der Waals surface area contributed by atoms with Crippen molar-refractivity contribution in [2.24, 2.45) is 5.73 Å². The fraction of sp³-hybridized carbons (Fsp3) is 0.300. The van der Waals surface area contributed by atoms with Gasteiger partial charge in [-0.05, 0) is 19.1 Å². The Bertz CT molecular complexity index is 414. The number of anilines is 1. The normalized spacial score (nSPS) is 23.3. The second kappa shape index (κ2) is 4.67. The number of rotatable bonds is 0. The molecule has 6 heteroatoms. The van der Waals surface area contributed by atoms with E-state index in [2.05, 4.69) is 5.32 Å². The molecule has 2 atom stereocenters. The van der Waals surface area contributed by atoms with Crippen LogP contribution < -0.4 is 15.8 Å². The maximum Gasteiger partial charge on any atom is 0.245 e. The molecule has 88 valence electrons. The van der Waals surface area contributed by atoms with Gasteiger partial charge in [-0.3, -0.25) is 4.79 Å². The average Bonchev–Trinajstić information content (AvgIpc) is 2.29. The predicted octanol–water partition coefficient (Wildman–Crippen LogP) is 1.29. The number of hydrogen-bond acceptors (Lipinski definition) is 3. The summed E-state index contributed by atoms with van der Waals surface area (Å²) in [7, 11) is 0. The lowest BCUT2D eigenvalue weighted by atomic mass is 10.2. The summed E-state index contributed by atoms with van der Waals surface area (Å²) in [5.41, 5.74) is 5.93. The summed E-state index contributed by atoms with van der Waals surface area (Å²) in [5.74, 6) is -0.363. The van der Waals surface area contributed by atoms with Crippen molar-refractivity contribution in [1.82, 2.24) is 0 Å². The second-order valence-corrected chi connectivity index (χ2v) is 3.48. The van der Waals surface area contributed by atoms with Gasteiger partial charge in [-0.1, -0.05) is 0 Å². The van der Waals surface area contributed by atoms with Crippen molar-refractivity contribution in [3.63, 3.8) is 0 Å². The number of fused-ring (bicyclic) bond motifs is 1. The third kappa shape index (κ3) is 2.25. The summed E-state index contributed by atoms with van der Waals surface area (Å²) >= 11 is 0. The van der Waals surface area contributed by atoms with Gasteiger partial charge in [0, 0.05) is 6.07 Å². The Morgan fingerprint density at radius 1 is 1.50 bits per heavy atom. The Labute approximate surface area is 98.4 Å². The van der Waals surface area contributed by atoms with Crippen molar-refractivity contribution in [3.05, 3.63) is 24.0 Å². The molecule has 0 spiro atoms. The minimum absolute atomic E-state index is 0. The van der Waals surface area contributed by atoms with Crippen LogP contribution >= 0.6 is 12.4 Å². The van der Waals surface area contributed by atoms with Crippen LogP contribution in [0.4, 0.5) is 10.1 Å². The molecule has 1 heterocycles. The number of carbonyl (C=O) groups excluding carboxylic acids is 1. The zero-order valence-electron chi connectivity index (χ0n) is 8.57. The monoisotopic (exact) mass is 246 g/mol. The number of nitrogens with one attached hydrogen (secondary N) is 1. The van der Waals surface area contributed by atoms with Gasteiger partial charge < -0.3 is 15.8 Å². The molecule has 0 aromatic heterocycles. The van der Waals surface area contributed by atoms with Crippen LogP contribution in [-0.2, 0) is 4.79 Å². The van der Waals surface area contributed by atoms with E-state index in [9.17, 15) is 9.18 Å². The van der Waals surface area contributed by atoms with E-state index in [0.717, 1.165) is 0 Å². The molecule has 4 nitrogen and oxygen atoms in total. The molecule has 1 aromatic rings. The van der Waals surface area contributed by atoms with Crippen LogP contribution in [0.2, 0.25) is 0 Å². The standard InChI is InChI=1S/C10H11FN2O2.ClH/c1-5-9(12)10(14)13-7-4-6(11)2-3-8(7)15-5;/h2-5,9H,12H2,1H3,(H,13,14);1H/t5-,9+;/m1./s1. The lowest BCUT2D eigenvalue weighted by Crippen LogP contribution is -2.44. The molecule has 1 aliphatic rings. The van der Waals surface area contributed by atoms with Gasteiger partial charge in [-0.25, -0.2) is 4.39 Å². The van der Waals surface area contributed by atoms with E-state index in [-0.39, 0.29) is 18.3 Å². The van der Waals surface area contributed by atoms with Crippen LogP contribution in [0.1, 0.15) is 6.92 Å². The molecule has 0 unspecified atom stereocenters. The van der Waals surface area contributed by atoms with Gasteiger partial charge in [-0.2, -0.15) is 0 Å². The fourth-order valence-corrected chi connectivity index (χ4v) is 1.41. The topological polar surface area (TPSA) is 64.3 Å². The van der Waals surface area contributed by atoms with Crippen LogP contribution in [0.5, 0.6) is 5.75 Å². The Hall–Kier alpha value is -1.33. The zero-order chi connectivity index (χ0) is 11.0. The molecule has 0 saturated carbocycles. The molecule has 0 radical (unpaired) electrons. The summed E-state index contributed by atoms with van der Waals surface area (Å²) in [6.45, 7) is 1.70. The van der Waals surface area contributed by atoms with Gasteiger partial charge >= 0.3 is 0 Å². The highest BCUT2D eigenvalue weighted by atomic mass is 35.5. The van der Waals surface area contributed by atoms with E-state index < -0.39 is 18.0 Å². The number of amides is 1. The predicted molar refractivity (Wildman–Crippen MR) is 60.3 cm³/mol. The number of benzene rings is 1. The molecule has 2 rings (SSSR count). The maximum atomic E-state index is 12.9. The molecule has 0 aliphatic carbocycles. The lowest BCUT2D eigenvalue weighted by molar-refractivity contribution is -0.118. The highest BCUT2D eigenvalue weighted by molar-refractivity contribution is 5.97. The summed E-state index contributed by atoms with van der Waals surface area (Å²) < 4.78 is 18.3. The van der Waals surface area contributed by atoms with Crippen LogP contribution in [0.3, 0.4) is 0 Å². The van der Waals surface area contributed by atoms with Gasteiger partial charge in [-0.15, -0.1) is 12.4 Å². The van der Waals surface area contributed by atoms with Crippen LogP contribution in [-0.4, -0.2) is 18.1 Å². The SMILES string of the molecule is C[C@H]1Oc2ccc(F)cc2NC(=O)[C@H]1N.Cl. The molecule has 3 N–H and O–H groups in total. The Morgan fingerprint density at radius 2 is 2.19 bits per heavy atom. The number of nitrogens with two attached hydrogens (primary N) is 1. The summed E-state index contributed by atoms with van der Waals surface area (Å²) in [6, 6.07) is 3.20. The first-order valence-corrected chi connectivity index (χ1v) is 4.60. The summed E-state index contributed by atoms with van der Waals surface area (Å²) in [6.07, 6.45) is -0.434. The largest absolute Gasteiger partial charge is 0.486 e. The molecule has 0 bridgehead atoms. The molecular weight excluding hydrogens is 235 g/mol. The summed E-state index contributed by atoms with van der Waals surface area (Å²) in [5, 5.41) is 2.51. The van der Waals surface area contributed by atoms with Crippen molar-refractivity contribution < 1.29 is 13.9 Å². The maximum absolute atomic E-state index is 12.9. The van der Waals surface area contributed by atoms with E-state index in [4.69, 9.17) is 10.5 Å². The first kappa shape index (κ1) is 12.7. The van der Waals surface area contributed by atoms with Crippen molar-refractivity contribution in [1.29, 1.82) is 0 Å². The van der Waals surface area contributed by atoms with E-state index >= 15 is 0 Å². The Kier molecular flexibility index (Phi) is 3.72. The summed E-state index contributed by atoms with van der Waals surface area (Å²) in [4.78, 5) is 11.5. The van der Waals surface area contributed by atoms with Gasteiger partial charge in [0.05, 0.1) is 5.69 Å². The smallest absolute Gasteiger partial charge is 0.245 e. The highest BCUT2D eigenvalue weighted by Gasteiger charge is 2.27. The van der Waals surface area contributed by atoms with E-state index in [0.29, 0.717) is 11.4 Å². The van der Waals surface area contributed by atoms with Crippen molar-refractivity contribution >= 4 is 24.0 Å². The average molecular weight is 247 g/mol. The Balaban J connectivity index is 0.00000128. The molecule has 1 amide bonds. The molecule has 0 fully saturated rings. The van der Waals surface area contributed by atoms with E-state index in [1.165, 1.54) is 18.2 Å². The van der Waals surface area contributed by atoms with Crippen LogP contribution in [0.25, 0.3) is 0 Å². The number of halogens is 2. The van der Waals surface area contributed by atoms with Gasteiger partial charge in [0.25, 0.3) is 0 Å². The van der Waals surface area contributed by atoms with Crippen LogP contribution in [0.15, 0.2) is 18.2 Å². The Morgan fingerprint density at radius 3 is 2.88 bits per heavy atom. The van der Waals surface area contributed by atoms with Crippen molar-refractivity contribution in [3.8, 4) is 5.75 Å². The zero-order valence-corrected chi connectivity index (χ0v) is 9.38. The fourth-order valence-electron chi connectivity index (χ4n) is 1.41. The molecule has 0 saturated heterocycles. The van der Waals surface area contributed by atoms with E-state index in [1.54, 1.807) is 6.92 Å². The number of carbonyl (C=O) groups is 1. The van der Waals surface area contributed by atoms with E-state index in [1.807, 2.05) is 0 Å². The lowest BCUT2D eigenvalue weighted by Gasteiger charge is -2.15. The highest BCUT2D eigenvalue weighted by Crippen LogP contribution is 2.29. The number of ether oxygens (including phenoxy) is 1. The van der Waals surface area contributed by atoms with Crippen molar-refractivity contribution in [2.45, 2.75) is 19.1 Å². The third-order valence-electron chi connectivity index (χ3n) is 2.32. The van der Waals surface area contributed by atoms with Crippen molar-refractivity contribution in [2.75, 3.05) is 5.32 Å². The molecule has 1 aromatic carbocycles. The van der Waals surface area contributed by atoms with Gasteiger partial charge in [0.2, 0.25) is 5.91 Å². The second-order valence-electron chi connectivity index (χ2n) is 3.48. The van der Waals surface area contributed by atoms with Gasteiger partial charge in [0.15, 0.2) is 0 Å².